The van der Waals surface area contributed by atoms with Crippen molar-refractivity contribution < 1.29 is 18.9 Å². The van der Waals surface area contributed by atoms with Crippen LogP contribution in [0.2, 0.25) is 0 Å². The first-order chi connectivity index (χ1) is 7.21. The molecule has 0 saturated carbocycles. The van der Waals surface area contributed by atoms with Crippen molar-refractivity contribution >= 4 is 42.6 Å². The molecule has 0 aromatic carbocycles. The average molecular weight is 308 g/mol. The Labute approximate surface area is 108 Å². The highest BCUT2D eigenvalue weighted by molar-refractivity contribution is 7.46. The van der Waals surface area contributed by atoms with Gasteiger partial charge in [-0.2, -0.15) is 0 Å². The van der Waals surface area contributed by atoms with Gasteiger partial charge in [0.05, 0.1) is 0 Å². The highest BCUT2D eigenvalue weighted by Gasteiger charge is 2.25. The van der Waals surface area contributed by atoms with Crippen LogP contribution >= 0.6 is 42.6 Å². The SMILES string of the molecule is O=P(O)(O)OCC(Cl)(Cl)Cl.c1ccncc1. The number of phosphoric ester groups is 1. The molecule has 5 nitrogen and oxygen atoms in total. The minimum Gasteiger partial charge on any atom is -0.303 e. The lowest BCUT2D eigenvalue weighted by atomic mass is 10.5. The van der Waals surface area contributed by atoms with Crippen LogP contribution in [-0.2, 0) is 9.09 Å². The topological polar surface area (TPSA) is 79.7 Å². The van der Waals surface area contributed by atoms with E-state index < -0.39 is 18.2 Å². The molecule has 2 N–H and O–H groups in total. The zero-order chi connectivity index (χ0) is 12.7. The number of pyridine rings is 1. The molecule has 16 heavy (non-hydrogen) atoms. The number of halogens is 3. The third-order valence-corrected chi connectivity index (χ3v) is 1.76. The Hall–Kier alpha value is 0.130. The number of hydrogen-bond acceptors (Lipinski definition) is 3. The number of aromatic nitrogens is 1. The average Bonchev–Trinajstić information content (AvgIpc) is 2.17. The van der Waals surface area contributed by atoms with E-state index in [2.05, 4.69) is 9.51 Å². The molecular formula is C7H9Cl3NO4P. The summed E-state index contributed by atoms with van der Waals surface area (Å²) in [7, 11) is -4.52. The zero-order valence-electron chi connectivity index (χ0n) is 7.83. The number of hydrogen-bond donors (Lipinski definition) is 2. The molecule has 0 atom stereocenters. The van der Waals surface area contributed by atoms with Crippen LogP contribution in [0.1, 0.15) is 0 Å². The maximum atomic E-state index is 9.97. The summed E-state index contributed by atoms with van der Waals surface area (Å²) in [6.45, 7) is -0.637. The molecule has 92 valence electrons. The van der Waals surface area contributed by atoms with Gasteiger partial charge in [-0.3, -0.25) is 9.51 Å². The molecule has 1 aromatic heterocycles. The van der Waals surface area contributed by atoms with E-state index in [4.69, 9.17) is 44.6 Å². The molecule has 0 amide bonds. The molecule has 9 heteroatoms. The second kappa shape index (κ2) is 7.45. The summed E-state index contributed by atoms with van der Waals surface area (Å²) in [6.07, 6.45) is 3.50. The summed E-state index contributed by atoms with van der Waals surface area (Å²) in [5.41, 5.74) is 0. The molecule has 0 unspecified atom stereocenters. The Morgan fingerprint density at radius 2 is 1.69 bits per heavy atom. The molecule has 0 radical (unpaired) electrons. The van der Waals surface area contributed by atoms with Gasteiger partial charge in [-0.15, -0.1) is 0 Å². The van der Waals surface area contributed by atoms with Crippen molar-refractivity contribution in [3.05, 3.63) is 30.6 Å². The maximum absolute atomic E-state index is 9.97. The minimum absolute atomic E-state index is 0.637. The van der Waals surface area contributed by atoms with Crippen LogP contribution in [0.5, 0.6) is 0 Å². The van der Waals surface area contributed by atoms with Gasteiger partial charge < -0.3 is 9.79 Å². The van der Waals surface area contributed by atoms with Gasteiger partial charge in [-0.1, -0.05) is 40.9 Å². The van der Waals surface area contributed by atoms with E-state index in [1.807, 2.05) is 18.2 Å². The molecule has 0 aliphatic rings. The fourth-order valence-electron chi connectivity index (χ4n) is 0.470. The zero-order valence-corrected chi connectivity index (χ0v) is 11.0. The summed E-state index contributed by atoms with van der Waals surface area (Å²) >= 11 is 15.3. The first-order valence-corrected chi connectivity index (χ1v) is 6.49. The lowest BCUT2D eigenvalue weighted by molar-refractivity contribution is 0.200. The Bertz CT molecular complexity index is 299. The number of phosphoric acid groups is 1. The van der Waals surface area contributed by atoms with Gasteiger partial charge in [0.2, 0.25) is 3.79 Å². The predicted octanol–water partition coefficient (Wildman–Crippen LogP) is 2.55. The van der Waals surface area contributed by atoms with Gasteiger partial charge in [-0.25, -0.2) is 4.57 Å². The molecule has 0 aliphatic carbocycles. The quantitative estimate of drug-likeness (QED) is 0.648. The lowest BCUT2D eigenvalue weighted by Crippen LogP contribution is -2.11. The normalized spacial score (nSPS) is 11.6. The maximum Gasteiger partial charge on any atom is 0.469 e. The summed E-state index contributed by atoms with van der Waals surface area (Å²) in [5, 5.41) is 0. The van der Waals surface area contributed by atoms with Gasteiger partial charge in [0.25, 0.3) is 0 Å². The molecule has 1 rings (SSSR count). The third-order valence-electron chi connectivity index (χ3n) is 0.963. The van der Waals surface area contributed by atoms with Crippen molar-refractivity contribution in [3.63, 3.8) is 0 Å². The van der Waals surface area contributed by atoms with Crippen LogP contribution in [0.3, 0.4) is 0 Å². The van der Waals surface area contributed by atoms with Crippen molar-refractivity contribution in [2.24, 2.45) is 0 Å². The van der Waals surface area contributed by atoms with Crippen LogP contribution in [0, 0.1) is 0 Å². The highest BCUT2D eigenvalue weighted by Crippen LogP contribution is 2.39. The smallest absolute Gasteiger partial charge is 0.303 e. The van der Waals surface area contributed by atoms with E-state index in [1.165, 1.54) is 0 Å². The van der Waals surface area contributed by atoms with Crippen LogP contribution in [0.4, 0.5) is 0 Å². The van der Waals surface area contributed by atoms with Crippen molar-refractivity contribution in [2.45, 2.75) is 3.79 Å². The van der Waals surface area contributed by atoms with Crippen molar-refractivity contribution in [1.82, 2.24) is 4.98 Å². The Balaban J connectivity index is 0.000000315. The molecular weight excluding hydrogens is 299 g/mol. The summed E-state index contributed by atoms with van der Waals surface area (Å²) in [5.74, 6) is 0. The standard InChI is InChI=1S/C5H5N.C2H4Cl3O4P/c1-2-4-6-5-3-1;3-2(4,5)1-9-10(6,7)8/h1-5H;1H2,(H2,6,7,8). The molecule has 1 heterocycles. The van der Waals surface area contributed by atoms with Crippen LogP contribution < -0.4 is 0 Å². The Kier molecular flexibility index (Phi) is 7.52. The molecule has 0 bridgehead atoms. The van der Waals surface area contributed by atoms with Crippen LogP contribution in [0.25, 0.3) is 0 Å². The highest BCUT2D eigenvalue weighted by atomic mass is 35.6. The van der Waals surface area contributed by atoms with Crippen molar-refractivity contribution in [3.8, 4) is 0 Å². The van der Waals surface area contributed by atoms with E-state index in [1.54, 1.807) is 12.4 Å². The summed E-state index contributed by atoms with van der Waals surface area (Å²) in [6, 6.07) is 5.72. The fourth-order valence-corrected chi connectivity index (χ4v) is 1.22. The molecule has 1 aromatic rings. The summed E-state index contributed by atoms with van der Waals surface area (Å²) < 4.78 is 12.0. The van der Waals surface area contributed by atoms with E-state index in [0.717, 1.165) is 0 Å². The molecule has 0 aliphatic heterocycles. The van der Waals surface area contributed by atoms with Gasteiger partial charge in [0, 0.05) is 12.4 Å². The second-order valence-corrected chi connectivity index (χ2v) is 6.16. The monoisotopic (exact) mass is 307 g/mol. The van der Waals surface area contributed by atoms with Gasteiger partial charge in [0.15, 0.2) is 0 Å². The largest absolute Gasteiger partial charge is 0.469 e. The fraction of sp³-hybridized carbons (Fsp3) is 0.286. The number of nitrogens with zero attached hydrogens (tertiary/aromatic N) is 1. The van der Waals surface area contributed by atoms with E-state index in [0.29, 0.717) is 0 Å². The second-order valence-electron chi connectivity index (χ2n) is 2.40. The van der Waals surface area contributed by atoms with Crippen LogP contribution in [0.15, 0.2) is 30.6 Å². The van der Waals surface area contributed by atoms with Gasteiger partial charge in [-0.05, 0) is 12.1 Å². The number of alkyl halides is 3. The predicted molar refractivity (Wildman–Crippen MR) is 62.5 cm³/mol. The van der Waals surface area contributed by atoms with Crippen molar-refractivity contribution in [1.29, 1.82) is 0 Å². The van der Waals surface area contributed by atoms with Crippen molar-refractivity contribution in [2.75, 3.05) is 6.61 Å². The lowest BCUT2D eigenvalue weighted by Gasteiger charge is -2.10. The Morgan fingerprint density at radius 3 is 1.81 bits per heavy atom. The first-order valence-electron chi connectivity index (χ1n) is 3.82. The van der Waals surface area contributed by atoms with Gasteiger partial charge in [0.1, 0.15) is 6.61 Å². The third kappa shape index (κ3) is 14.1. The number of rotatable bonds is 2. The van der Waals surface area contributed by atoms with E-state index >= 15 is 0 Å². The van der Waals surface area contributed by atoms with Gasteiger partial charge >= 0.3 is 7.82 Å². The summed E-state index contributed by atoms with van der Waals surface area (Å²) in [4.78, 5) is 20.0. The Morgan fingerprint density at radius 1 is 1.19 bits per heavy atom. The van der Waals surface area contributed by atoms with Crippen LogP contribution in [-0.4, -0.2) is 25.2 Å². The van der Waals surface area contributed by atoms with E-state index in [9.17, 15) is 4.57 Å². The minimum atomic E-state index is -4.52. The molecule has 0 fully saturated rings. The first kappa shape index (κ1) is 16.1. The molecule has 0 spiro atoms. The molecule has 0 saturated heterocycles. The van der Waals surface area contributed by atoms with E-state index in [-0.39, 0.29) is 0 Å².